The molecule has 0 spiro atoms. The Balaban J connectivity index is 2.61. The van der Waals surface area contributed by atoms with Crippen LogP contribution in [-0.2, 0) is 13.6 Å². The molecule has 0 amide bonds. The summed E-state index contributed by atoms with van der Waals surface area (Å²) in [6, 6.07) is 7.34. The zero-order valence-electron chi connectivity index (χ0n) is 11.7. The van der Waals surface area contributed by atoms with Crippen LogP contribution in [-0.4, -0.2) is 25.2 Å². The van der Waals surface area contributed by atoms with Crippen LogP contribution < -0.4 is 0 Å². The van der Waals surface area contributed by atoms with Crippen molar-refractivity contribution in [3.05, 3.63) is 35.4 Å². The Labute approximate surface area is 114 Å². The van der Waals surface area contributed by atoms with Gasteiger partial charge in [0.25, 0.3) is 0 Å². The first-order valence-corrected chi connectivity index (χ1v) is 8.21. The van der Waals surface area contributed by atoms with Gasteiger partial charge in [-0.05, 0) is 20.8 Å². The number of ketones is 1. The monoisotopic (exact) mass is 284 g/mol. The smallest absolute Gasteiger partial charge is 0.309 e. The summed E-state index contributed by atoms with van der Waals surface area (Å²) in [7, 11) is -3.12. The fraction of sp³-hybridized carbons (Fsp3) is 0.500. The molecular formula is C14H21O4P. The van der Waals surface area contributed by atoms with Gasteiger partial charge in [0.15, 0.2) is 5.78 Å². The Hall–Kier alpha value is -0.960. The van der Waals surface area contributed by atoms with Gasteiger partial charge in [0.05, 0.1) is 19.4 Å². The number of carbonyl (C=O) groups excluding carboxylic acids is 1. The summed E-state index contributed by atoms with van der Waals surface area (Å²) in [4.78, 5) is 12.0. The summed E-state index contributed by atoms with van der Waals surface area (Å²) >= 11 is 0. The van der Waals surface area contributed by atoms with Crippen molar-refractivity contribution in [2.24, 2.45) is 0 Å². The Morgan fingerprint density at radius 1 is 1.11 bits per heavy atom. The maximum absolute atomic E-state index is 12.2. The van der Waals surface area contributed by atoms with Crippen LogP contribution >= 0.6 is 7.60 Å². The van der Waals surface area contributed by atoms with Gasteiger partial charge in [0.1, 0.15) is 0 Å². The third-order valence-electron chi connectivity index (χ3n) is 2.64. The van der Waals surface area contributed by atoms with Gasteiger partial charge in [0.2, 0.25) is 0 Å². The van der Waals surface area contributed by atoms with E-state index >= 15 is 0 Å². The van der Waals surface area contributed by atoms with Crippen molar-refractivity contribution in [1.82, 2.24) is 0 Å². The minimum Gasteiger partial charge on any atom is -0.309 e. The van der Waals surface area contributed by atoms with Crippen molar-refractivity contribution in [2.45, 2.75) is 27.2 Å². The largest absolute Gasteiger partial charge is 0.331 e. The van der Waals surface area contributed by atoms with Crippen molar-refractivity contribution in [1.29, 1.82) is 0 Å². The van der Waals surface area contributed by atoms with Crippen LogP contribution in [0.25, 0.3) is 0 Å². The van der Waals surface area contributed by atoms with E-state index in [0.29, 0.717) is 18.8 Å². The second kappa shape index (κ2) is 7.59. The highest BCUT2D eigenvalue weighted by Crippen LogP contribution is 2.48. The molecule has 0 N–H and O–H groups in total. The van der Waals surface area contributed by atoms with Crippen molar-refractivity contribution in [3.8, 4) is 0 Å². The first kappa shape index (κ1) is 16.1. The standard InChI is InChI=1S/C14H21O4P/c1-4-17-19(16,18-5-2)11-10-14(15)13-8-6-12(3)7-9-13/h6-9H,4-5,10-11H2,1-3H3. The van der Waals surface area contributed by atoms with Gasteiger partial charge in [-0.25, -0.2) is 0 Å². The zero-order valence-corrected chi connectivity index (χ0v) is 12.6. The number of hydrogen-bond donors (Lipinski definition) is 0. The van der Waals surface area contributed by atoms with Crippen LogP contribution in [0.3, 0.4) is 0 Å². The molecule has 1 rings (SSSR count). The molecule has 19 heavy (non-hydrogen) atoms. The molecule has 0 aliphatic heterocycles. The van der Waals surface area contributed by atoms with Crippen molar-refractivity contribution >= 4 is 13.4 Å². The molecule has 0 bridgehead atoms. The molecule has 0 aliphatic rings. The molecule has 0 heterocycles. The molecule has 0 atom stereocenters. The fourth-order valence-electron chi connectivity index (χ4n) is 1.68. The van der Waals surface area contributed by atoms with Crippen LogP contribution in [0.5, 0.6) is 0 Å². The van der Waals surface area contributed by atoms with E-state index in [1.54, 1.807) is 26.0 Å². The summed E-state index contributed by atoms with van der Waals surface area (Å²) in [6.45, 7) is 6.11. The SMILES string of the molecule is CCOP(=O)(CCC(=O)c1ccc(C)cc1)OCC. The Bertz CT molecular complexity index is 443. The Kier molecular flexibility index (Phi) is 6.43. The summed E-state index contributed by atoms with van der Waals surface area (Å²) in [5.74, 6) is -0.0420. The van der Waals surface area contributed by atoms with Crippen molar-refractivity contribution < 1.29 is 18.4 Å². The lowest BCUT2D eigenvalue weighted by Gasteiger charge is -2.16. The first-order valence-electron chi connectivity index (χ1n) is 6.48. The van der Waals surface area contributed by atoms with Gasteiger partial charge < -0.3 is 9.05 Å². The molecule has 1 aromatic rings. The lowest BCUT2D eigenvalue weighted by molar-refractivity contribution is 0.0984. The molecule has 0 saturated carbocycles. The average Bonchev–Trinajstić information content (AvgIpc) is 2.37. The van der Waals surface area contributed by atoms with E-state index in [2.05, 4.69) is 0 Å². The molecule has 1 aromatic carbocycles. The normalized spacial score (nSPS) is 11.5. The molecular weight excluding hydrogens is 263 g/mol. The summed E-state index contributed by atoms with van der Waals surface area (Å²) < 4.78 is 22.5. The average molecular weight is 284 g/mol. The first-order chi connectivity index (χ1) is 9.00. The molecule has 0 fully saturated rings. The molecule has 0 unspecified atom stereocenters. The summed E-state index contributed by atoms with van der Waals surface area (Å²) in [6.07, 6.45) is 0.293. The van der Waals surface area contributed by atoms with E-state index in [0.717, 1.165) is 5.56 Å². The van der Waals surface area contributed by atoms with Gasteiger partial charge in [-0.2, -0.15) is 0 Å². The van der Waals surface area contributed by atoms with Gasteiger partial charge in [-0.1, -0.05) is 29.8 Å². The lowest BCUT2D eigenvalue weighted by atomic mass is 10.1. The second-order valence-electron chi connectivity index (χ2n) is 4.21. The number of Topliss-reactive ketones (excluding diaryl/α,β-unsaturated/α-hetero) is 1. The highest BCUT2D eigenvalue weighted by Gasteiger charge is 2.24. The summed E-state index contributed by atoms with van der Waals surface area (Å²) in [5.41, 5.74) is 1.73. The van der Waals surface area contributed by atoms with E-state index in [1.165, 1.54) is 0 Å². The highest BCUT2D eigenvalue weighted by molar-refractivity contribution is 7.53. The van der Waals surface area contributed by atoms with Crippen LogP contribution in [0.1, 0.15) is 36.2 Å². The van der Waals surface area contributed by atoms with E-state index in [1.807, 2.05) is 19.1 Å². The highest BCUT2D eigenvalue weighted by atomic mass is 31.2. The van der Waals surface area contributed by atoms with Gasteiger partial charge in [-0.15, -0.1) is 0 Å². The Morgan fingerprint density at radius 2 is 1.63 bits per heavy atom. The van der Waals surface area contributed by atoms with E-state index < -0.39 is 7.60 Å². The quantitative estimate of drug-likeness (QED) is 0.537. The number of hydrogen-bond acceptors (Lipinski definition) is 4. The minimum absolute atomic E-state index is 0.0420. The third-order valence-corrected chi connectivity index (χ3v) is 4.71. The van der Waals surface area contributed by atoms with Crippen LogP contribution in [0, 0.1) is 6.92 Å². The van der Waals surface area contributed by atoms with Crippen LogP contribution in [0.2, 0.25) is 0 Å². The molecule has 106 valence electrons. The molecule has 0 saturated heterocycles. The number of aryl methyl sites for hydroxylation is 1. The maximum atomic E-state index is 12.2. The Morgan fingerprint density at radius 3 is 2.11 bits per heavy atom. The van der Waals surface area contributed by atoms with E-state index in [9.17, 15) is 9.36 Å². The van der Waals surface area contributed by atoms with E-state index in [-0.39, 0.29) is 18.4 Å². The van der Waals surface area contributed by atoms with Gasteiger partial charge >= 0.3 is 7.60 Å². The molecule has 0 aromatic heterocycles. The number of benzene rings is 1. The number of rotatable bonds is 8. The predicted molar refractivity (Wildman–Crippen MR) is 75.9 cm³/mol. The fourth-order valence-corrected chi connectivity index (χ4v) is 3.28. The van der Waals surface area contributed by atoms with Crippen LogP contribution in [0.4, 0.5) is 0 Å². The molecule has 4 nitrogen and oxygen atoms in total. The van der Waals surface area contributed by atoms with Gasteiger partial charge in [0, 0.05) is 12.0 Å². The topological polar surface area (TPSA) is 52.6 Å². The van der Waals surface area contributed by atoms with Gasteiger partial charge in [-0.3, -0.25) is 9.36 Å². The maximum Gasteiger partial charge on any atom is 0.331 e. The molecule has 0 radical (unpaired) electrons. The van der Waals surface area contributed by atoms with Crippen molar-refractivity contribution in [2.75, 3.05) is 19.4 Å². The van der Waals surface area contributed by atoms with Crippen LogP contribution in [0.15, 0.2) is 24.3 Å². The third kappa shape index (κ3) is 5.27. The zero-order chi connectivity index (χ0) is 14.3. The van der Waals surface area contributed by atoms with E-state index in [4.69, 9.17) is 9.05 Å². The molecule has 0 aliphatic carbocycles. The number of carbonyl (C=O) groups is 1. The predicted octanol–water partition coefficient (Wildman–Crippen LogP) is 3.83. The lowest BCUT2D eigenvalue weighted by Crippen LogP contribution is -2.06. The summed E-state index contributed by atoms with van der Waals surface area (Å²) in [5, 5.41) is 0. The second-order valence-corrected chi connectivity index (χ2v) is 6.39. The molecule has 5 heteroatoms. The minimum atomic E-state index is -3.12. The van der Waals surface area contributed by atoms with Crippen molar-refractivity contribution in [3.63, 3.8) is 0 Å².